The maximum atomic E-state index is 8.68. The summed E-state index contributed by atoms with van der Waals surface area (Å²) in [6.07, 6.45) is 0. The van der Waals surface area contributed by atoms with E-state index in [1.807, 2.05) is 6.07 Å². The van der Waals surface area contributed by atoms with Crippen LogP contribution in [0, 0.1) is 11.3 Å². The summed E-state index contributed by atoms with van der Waals surface area (Å²) >= 11 is 5.82. The molecule has 0 heterocycles. The van der Waals surface area contributed by atoms with Crippen LogP contribution in [0.15, 0.2) is 42.5 Å². The number of nitrogen functional groups attached to an aromatic ring is 1. The fraction of sp³-hybridized carbons (Fsp3) is 0.0714. The summed E-state index contributed by atoms with van der Waals surface area (Å²) in [4.78, 5) is 0. The molecule has 0 saturated carbocycles. The molecule has 2 aromatic rings. The molecule has 3 nitrogen and oxygen atoms in total. The molecule has 0 aliphatic rings. The fourth-order valence-corrected chi connectivity index (χ4v) is 1.66. The van der Waals surface area contributed by atoms with Crippen molar-refractivity contribution in [2.75, 3.05) is 5.73 Å². The van der Waals surface area contributed by atoms with Crippen LogP contribution in [0.5, 0.6) is 5.75 Å². The molecule has 90 valence electrons. The second kappa shape index (κ2) is 5.44. The van der Waals surface area contributed by atoms with Crippen LogP contribution in [0.2, 0.25) is 5.02 Å². The van der Waals surface area contributed by atoms with Gasteiger partial charge in [-0.3, -0.25) is 0 Å². The first kappa shape index (κ1) is 12.3. The van der Waals surface area contributed by atoms with E-state index in [2.05, 4.69) is 6.07 Å². The van der Waals surface area contributed by atoms with Gasteiger partial charge in [0.15, 0.2) is 0 Å². The number of anilines is 1. The molecular weight excluding hydrogens is 248 g/mol. The molecule has 0 radical (unpaired) electrons. The highest BCUT2D eigenvalue weighted by atomic mass is 35.5. The van der Waals surface area contributed by atoms with Crippen LogP contribution in [0.1, 0.15) is 11.1 Å². The Hall–Kier alpha value is -2.18. The van der Waals surface area contributed by atoms with Gasteiger partial charge in [0.25, 0.3) is 0 Å². The molecular formula is C14H11ClN2O. The normalized spacial score (nSPS) is 9.78. The maximum Gasteiger partial charge on any atom is 0.119 e. The molecule has 2 rings (SSSR count). The Morgan fingerprint density at radius 2 is 1.89 bits per heavy atom. The molecule has 0 saturated heterocycles. The van der Waals surface area contributed by atoms with Crippen LogP contribution in [0.4, 0.5) is 5.69 Å². The number of ether oxygens (including phenoxy) is 1. The summed E-state index contributed by atoms with van der Waals surface area (Å²) in [6, 6.07) is 14.3. The first-order valence-corrected chi connectivity index (χ1v) is 5.73. The maximum absolute atomic E-state index is 8.68. The molecule has 0 fully saturated rings. The Balaban J connectivity index is 2.04. The Morgan fingerprint density at radius 1 is 1.17 bits per heavy atom. The van der Waals surface area contributed by atoms with E-state index in [1.165, 1.54) is 0 Å². The Kier molecular flexibility index (Phi) is 3.71. The lowest BCUT2D eigenvalue weighted by atomic mass is 10.2. The van der Waals surface area contributed by atoms with Crippen molar-refractivity contribution in [2.24, 2.45) is 0 Å². The van der Waals surface area contributed by atoms with E-state index >= 15 is 0 Å². The second-order valence-electron chi connectivity index (χ2n) is 3.77. The van der Waals surface area contributed by atoms with Crippen molar-refractivity contribution in [3.8, 4) is 11.8 Å². The summed E-state index contributed by atoms with van der Waals surface area (Å²) in [6.45, 7) is 0.370. The van der Waals surface area contributed by atoms with Gasteiger partial charge in [-0.2, -0.15) is 5.26 Å². The first-order valence-electron chi connectivity index (χ1n) is 5.36. The highest BCUT2D eigenvalue weighted by Crippen LogP contribution is 2.20. The zero-order chi connectivity index (χ0) is 13.0. The van der Waals surface area contributed by atoms with Crippen LogP contribution < -0.4 is 10.5 Å². The van der Waals surface area contributed by atoms with E-state index in [1.54, 1.807) is 36.4 Å². The molecule has 2 N–H and O–H groups in total. The van der Waals surface area contributed by atoms with Crippen molar-refractivity contribution in [1.82, 2.24) is 0 Å². The minimum absolute atomic E-state index is 0.370. The number of nitrogens with zero attached hydrogens (tertiary/aromatic N) is 1. The van der Waals surface area contributed by atoms with Gasteiger partial charge in [0.1, 0.15) is 12.4 Å². The average molecular weight is 259 g/mol. The largest absolute Gasteiger partial charge is 0.489 e. The van der Waals surface area contributed by atoms with Gasteiger partial charge in [0.2, 0.25) is 0 Å². The zero-order valence-corrected chi connectivity index (χ0v) is 10.3. The molecule has 0 bridgehead atoms. The molecule has 0 atom stereocenters. The molecule has 4 heteroatoms. The highest BCUT2D eigenvalue weighted by Gasteiger charge is 2.01. The van der Waals surface area contributed by atoms with Crippen LogP contribution in [0.3, 0.4) is 0 Å². The van der Waals surface area contributed by atoms with Gasteiger partial charge < -0.3 is 10.5 Å². The van der Waals surface area contributed by atoms with Crippen LogP contribution in [-0.2, 0) is 6.61 Å². The minimum Gasteiger partial charge on any atom is -0.489 e. The van der Waals surface area contributed by atoms with Crippen molar-refractivity contribution in [3.63, 3.8) is 0 Å². The molecule has 0 amide bonds. The van der Waals surface area contributed by atoms with Crippen molar-refractivity contribution in [1.29, 1.82) is 5.26 Å². The number of nitrogens with two attached hydrogens (primary N) is 1. The fourth-order valence-electron chi connectivity index (χ4n) is 1.48. The van der Waals surface area contributed by atoms with Crippen molar-refractivity contribution >= 4 is 17.3 Å². The lowest BCUT2D eigenvalue weighted by Gasteiger charge is -2.08. The highest BCUT2D eigenvalue weighted by molar-refractivity contribution is 6.30. The van der Waals surface area contributed by atoms with Crippen molar-refractivity contribution < 1.29 is 4.74 Å². The van der Waals surface area contributed by atoms with Gasteiger partial charge in [-0.25, -0.2) is 0 Å². The number of hydrogen-bond acceptors (Lipinski definition) is 3. The van der Waals surface area contributed by atoms with E-state index in [0.717, 1.165) is 5.56 Å². The predicted octanol–water partition coefficient (Wildman–Crippen LogP) is 3.37. The van der Waals surface area contributed by atoms with E-state index in [9.17, 15) is 0 Å². The van der Waals surface area contributed by atoms with E-state index in [4.69, 9.17) is 27.3 Å². The molecule has 0 aliphatic carbocycles. The molecule has 18 heavy (non-hydrogen) atoms. The van der Waals surface area contributed by atoms with E-state index < -0.39 is 0 Å². The second-order valence-corrected chi connectivity index (χ2v) is 4.20. The van der Waals surface area contributed by atoms with Gasteiger partial charge in [-0.15, -0.1) is 0 Å². The number of halogens is 1. The smallest absolute Gasteiger partial charge is 0.119 e. The van der Waals surface area contributed by atoms with E-state index in [0.29, 0.717) is 28.6 Å². The summed E-state index contributed by atoms with van der Waals surface area (Å²) in [7, 11) is 0. The zero-order valence-electron chi connectivity index (χ0n) is 9.56. The third-order valence-electron chi connectivity index (χ3n) is 2.49. The topological polar surface area (TPSA) is 59.0 Å². The van der Waals surface area contributed by atoms with Gasteiger partial charge in [-0.1, -0.05) is 17.7 Å². The summed E-state index contributed by atoms with van der Waals surface area (Å²) < 4.78 is 5.58. The lowest BCUT2D eigenvalue weighted by Crippen LogP contribution is -2.00. The van der Waals surface area contributed by atoms with Crippen LogP contribution >= 0.6 is 11.6 Å². The minimum atomic E-state index is 0.370. The molecule has 0 unspecified atom stereocenters. The summed E-state index contributed by atoms with van der Waals surface area (Å²) in [5.74, 6) is 0.698. The Labute approximate surface area is 110 Å². The standard InChI is InChI=1S/C14H11ClN2O/c15-12-4-3-11(14(17)7-12)9-18-13-5-1-10(8-16)2-6-13/h1-7H,9,17H2. The molecule has 0 aliphatic heterocycles. The number of rotatable bonds is 3. The summed E-state index contributed by atoms with van der Waals surface area (Å²) in [5, 5.41) is 9.29. The number of benzene rings is 2. The third kappa shape index (κ3) is 2.93. The van der Waals surface area contributed by atoms with Gasteiger partial charge in [0, 0.05) is 16.3 Å². The van der Waals surface area contributed by atoms with Gasteiger partial charge in [-0.05, 0) is 36.4 Å². The lowest BCUT2D eigenvalue weighted by molar-refractivity contribution is 0.307. The third-order valence-corrected chi connectivity index (χ3v) is 2.72. The van der Waals surface area contributed by atoms with Crippen LogP contribution in [-0.4, -0.2) is 0 Å². The molecule has 0 spiro atoms. The average Bonchev–Trinajstić information content (AvgIpc) is 2.38. The molecule has 2 aromatic carbocycles. The first-order chi connectivity index (χ1) is 8.69. The van der Waals surface area contributed by atoms with Crippen molar-refractivity contribution in [3.05, 3.63) is 58.6 Å². The SMILES string of the molecule is N#Cc1ccc(OCc2ccc(Cl)cc2N)cc1. The number of hydrogen-bond donors (Lipinski definition) is 1. The monoisotopic (exact) mass is 258 g/mol. The van der Waals surface area contributed by atoms with Crippen molar-refractivity contribution in [2.45, 2.75) is 6.61 Å². The van der Waals surface area contributed by atoms with E-state index in [-0.39, 0.29) is 0 Å². The van der Waals surface area contributed by atoms with Gasteiger partial charge in [0.05, 0.1) is 11.6 Å². The summed E-state index contributed by atoms with van der Waals surface area (Å²) in [5.41, 5.74) is 7.91. The van der Waals surface area contributed by atoms with Crippen LogP contribution in [0.25, 0.3) is 0 Å². The Bertz CT molecular complexity index is 588. The quantitative estimate of drug-likeness (QED) is 0.859. The molecule has 0 aromatic heterocycles. The number of nitriles is 1. The van der Waals surface area contributed by atoms with Gasteiger partial charge >= 0.3 is 0 Å². The predicted molar refractivity (Wildman–Crippen MR) is 71.4 cm³/mol. The Morgan fingerprint density at radius 3 is 2.50 bits per heavy atom.